The molecule has 2 aromatic rings. The van der Waals surface area contributed by atoms with Crippen LogP contribution in [0.15, 0.2) is 36.4 Å². The molecule has 1 aromatic heterocycles. The number of hydrogen-bond acceptors (Lipinski definition) is 4. The molecule has 2 amide bonds. The first kappa shape index (κ1) is 15.0. The molecule has 1 aliphatic heterocycles. The summed E-state index contributed by atoms with van der Waals surface area (Å²) in [4.78, 5) is 27.9. The standard InChI is InChI=1S/C17H17N3O3/c1-10-4-3-5-13(18-10)17(22)19-11(2)12-6-7-15-14(8-12)20-16(21)9-23-15/h3-8,11H,9H2,1-2H3,(H,19,22)(H,20,21)/t11-/m1/s1. The van der Waals surface area contributed by atoms with E-state index in [-0.39, 0.29) is 24.5 Å². The van der Waals surface area contributed by atoms with Crippen molar-refractivity contribution in [1.82, 2.24) is 10.3 Å². The summed E-state index contributed by atoms with van der Waals surface area (Å²) in [6.07, 6.45) is 0. The number of anilines is 1. The van der Waals surface area contributed by atoms with Gasteiger partial charge in [-0.05, 0) is 43.7 Å². The smallest absolute Gasteiger partial charge is 0.270 e. The van der Waals surface area contributed by atoms with Crippen LogP contribution in [0.1, 0.15) is 34.7 Å². The number of ether oxygens (including phenoxy) is 1. The van der Waals surface area contributed by atoms with Gasteiger partial charge in [-0.1, -0.05) is 12.1 Å². The van der Waals surface area contributed by atoms with E-state index in [4.69, 9.17) is 4.74 Å². The minimum Gasteiger partial charge on any atom is -0.482 e. The van der Waals surface area contributed by atoms with Crippen molar-refractivity contribution in [3.8, 4) is 5.75 Å². The average Bonchev–Trinajstić information content (AvgIpc) is 2.54. The van der Waals surface area contributed by atoms with Crippen molar-refractivity contribution < 1.29 is 14.3 Å². The molecular weight excluding hydrogens is 294 g/mol. The van der Waals surface area contributed by atoms with Crippen LogP contribution in [-0.2, 0) is 4.79 Å². The average molecular weight is 311 g/mol. The maximum absolute atomic E-state index is 12.3. The fraction of sp³-hybridized carbons (Fsp3) is 0.235. The van der Waals surface area contributed by atoms with E-state index in [1.807, 2.05) is 26.0 Å². The van der Waals surface area contributed by atoms with E-state index in [1.54, 1.807) is 24.3 Å². The van der Waals surface area contributed by atoms with Crippen molar-refractivity contribution in [2.75, 3.05) is 11.9 Å². The van der Waals surface area contributed by atoms with Gasteiger partial charge in [0.1, 0.15) is 11.4 Å². The molecule has 2 heterocycles. The number of aryl methyl sites for hydroxylation is 1. The molecule has 0 saturated carbocycles. The zero-order valence-electron chi connectivity index (χ0n) is 12.9. The lowest BCUT2D eigenvalue weighted by Crippen LogP contribution is -2.28. The summed E-state index contributed by atoms with van der Waals surface area (Å²) in [7, 11) is 0. The van der Waals surface area contributed by atoms with Crippen LogP contribution in [0.2, 0.25) is 0 Å². The Labute approximate surface area is 133 Å². The van der Waals surface area contributed by atoms with E-state index in [0.717, 1.165) is 11.3 Å². The molecule has 0 radical (unpaired) electrons. The second-order valence-corrected chi connectivity index (χ2v) is 5.45. The highest BCUT2D eigenvalue weighted by Crippen LogP contribution is 2.30. The number of carbonyl (C=O) groups is 2. The minimum absolute atomic E-state index is 0.0255. The van der Waals surface area contributed by atoms with Crippen LogP contribution in [0.3, 0.4) is 0 Å². The van der Waals surface area contributed by atoms with Crippen LogP contribution in [-0.4, -0.2) is 23.4 Å². The van der Waals surface area contributed by atoms with Crippen molar-refractivity contribution in [1.29, 1.82) is 0 Å². The highest BCUT2D eigenvalue weighted by molar-refractivity contribution is 5.95. The fourth-order valence-corrected chi connectivity index (χ4v) is 2.39. The van der Waals surface area contributed by atoms with E-state index in [0.29, 0.717) is 17.1 Å². The predicted octanol–water partition coefficient (Wildman–Crippen LogP) is 2.21. The third-order valence-electron chi connectivity index (χ3n) is 3.61. The third kappa shape index (κ3) is 3.31. The topological polar surface area (TPSA) is 80.3 Å². The van der Waals surface area contributed by atoms with Crippen molar-refractivity contribution >= 4 is 17.5 Å². The Morgan fingerprint density at radius 1 is 1.35 bits per heavy atom. The largest absolute Gasteiger partial charge is 0.482 e. The molecule has 1 aliphatic rings. The molecule has 6 nitrogen and oxygen atoms in total. The van der Waals surface area contributed by atoms with Crippen LogP contribution in [0, 0.1) is 6.92 Å². The van der Waals surface area contributed by atoms with Gasteiger partial charge in [-0.2, -0.15) is 0 Å². The summed E-state index contributed by atoms with van der Waals surface area (Å²) in [6.45, 7) is 3.74. The first-order valence-corrected chi connectivity index (χ1v) is 7.34. The van der Waals surface area contributed by atoms with Crippen molar-refractivity contribution in [3.05, 3.63) is 53.3 Å². The summed E-state index contributed by atoms with van der Waals surface area (Å²) in [5.74, 6) is 0.210. The fourth-order valence-electron chi connectivity index (χ4n) is 2.39. The molecule has 6 heteroatoms. The van der Waals surface area contributed by atoms with Gasteiger partial charge in [0, 0.05) is 5.69 Å². The highest BCUT2D eigenvalue weighted by atomic mass is 16.5. The summed E-state index contributed by atoms with van der Waals surface area (Å²) in [5, 5.41) is 5.66. The minimum atomic E-state index is -0.237. The first-order valence-electron chi connectivity index (χ1n) is 7.34. The number of aromatic nitrogens is 1. The number of benzene rings is 1. The Morgan fingerprint density at radius 2 is 2.17 bits per heavy atom. The molecule has 118 valence electrons. The number of amides is 2. The molecule has 23 heavy (non-hydrogen) atoms. The normalized spacial score (nSPS) is 14.3. The van der Waals surface area contributed by atoms with Gasteiger partial charge in [0.2, 0.25) is 0 Å². The Balaban J connectivity index is 1.75. The van der Waals surface area contributed by atoms with Gasteiger partial charge in [0.25, 0.3) is 11.8 Å². The summed E-state index contributed by atoms with van der Waals surface area (Å²) in [6, 6.07) is 10.5. The van der Waals surface area contributed by atoms with Crippen LogP contribution in [0.25, 0.3) is 0 Å². The van der Waals surface area contributed by atoms with Crippen LogP contribution in [0.5, 0.6) is 5.75 Å². The molecule has 1 atom stereocenters. The van der Waals surface area contributed by atoms with Gasteiger partial charge >= 0.3 is 0 Å². The maximum Gasteiger partial charge on any atom is 0.270 e. The zero-order valence-corrected chi connectivity index (χ0v) is 12.9. The SMILES string of the molecule is Cc1cccc(C(=O)N[C@H](C)c2ccc3c(c2)NC(=O)CO3)n1. The summed E-state index contributed by atoms with van der Waals surface area (Å²) < 4.78 is 5.32. The van der Waals surface area contributed by atoms with Gasteiger partial charge in [0.15, 0.2) is 6.61 Å². The van der Waals surface area contributed by atoms with Gasteiger partial charge in [0.05, 0.1) is 11.7 Å². The van der Waals surface area contributed by atoms with E-state index < -0.39 is 0 Å². The third-order valence-corrected chi connectivity index (χ3v) is 3.61. The molecule has 0 spiro atoms. The van der Waals surface area contributed by atoms with Gasteiger partial charge in [-0.25, -0.2) is 4.98 Å². The zero-order chi connectivity index (χ0) is 16.4. The highest BCUT2D eigenvalue weighted by Gasteiger charge is 2.18. The number of carbonyl (C=O) groups excluding carboxylic acids is 2. The van der Waals surface area contributed by atoms with Crippen LogP contribution < -0.4 is 15.4 Å². The summed E-state index contributed by atoms with van der Waals surface area (Å²) >= 11 is 0. The van der Waals surface area contributed by atoms with E-state index in [9.17, 15) is 9.59 Å². The monoisotopic (exact) mass is 311 g/mol. The molecule has 2 N–H and O–H groups in total. The molecule has 3 rings (SSSR count). The number of fused-ring (bicyclic) bond motifs is 1. The Bertz CT molecular complexity index is 773. The Kier molecular flexibility index (Phi) is 3.97. The van der Waals surface area contributed by atoms with Crippen LogP contribution in [0.4, 0.5) is 5.69 Å². The number of rotatable bonds is 3. The van der Waals surface area contributed by atoms with Crippen molar-refractivity contribution in [2.45, 2.75) is 19.9 Å². The quantitative estimate of drug-likeness (QED) is 0.911. The molecule has 0 unspecified atom stereocenters. The van der Waals surface area contributed by atoms with Crippen molar-refractivity contribution in [2.24, 2.45) is 0 Å². The number of hydrogen-bond donors (Lipinski definition) is 2. The lowest BCUT2D eigenvalue weighted by Gasteiger charge is -2.21. The predicted molar refractivity (Wildman–Crippen MR) is 85.4 cm³/mol. The molecule has 0 fully saturated rings. The van der Waals surface area contributed by atoms with Gasteiger partial charge < -0.3 is 15.4 Å². The number of nitrogens with zero attached hydrogens (tertiary/aromatic N) is 1. The lowest BCUT2D eigenvalue weighted by molar-refractivity contribution is -0.118. The molecular formula is C17H17N3O3. The van der Waals surface area contributed by atoms with E-state index >= 15 is 0 Å². The van der Waals surface area contributed by atoms with E-state index in [1.165, 1.54) is 0 Å². The lowest BCUT2D eigenvalue weighted by atomic mass is 10.1. The number of pyridine rings is 1. The van der Waals surface area contributed by atoms with Gasteiger partial charge in [-0.15, -0.1) is 0 Å². The Hall–Kier alpha value is -2.89. The Morgan fingerprint density at radius 3 is 2.96 bits per heavy atom. The second kappa shape index (κ2) is 6.08. The number of nitrogens with one attached hydrogen (secondary N) is 2. The van der Waals surface area contributed by atoms with Gasteiger partial charge in [-0.3, -0.25) is 9.59 Å². The summed E-state index contributed by atoms with van der Waals surface area (Å²) in [5.41, 5.74) is 2.66. The molecule has 0 aliphatic carbocycles. The molecule has 0 bridgehead atoms. The van der Waals surface area contributed by atoms with Crippen molar-refractivity contribution in [3.63, 3.8) is 0 Å². The molecule has 0 saturated heterocycles. The van der Waals surface area contributed by atoms with E-state index in [2.05, 4.69) is 15.6 Å². The second-order valence-electron chi connectivity index (χ2n) is 5.45. The molecule has 1 aromatic carbocycles. The maximum atomic E-state index is 12.3. The van der Waals surface area contributed by atoms with Crippen LogP contribution >= 0.6 is 0 Å². The first-order chi connectivity index (χ1) is 11.0.